The van der Waals surface area contributed by atoms with Gasteiger partial charge >= 0.3 is 0 Å². The third-order valence-corrected chi connectivity index (χ3v) is 3.73. The van der Waals surface area contributed by atoms with Gasteiger partial charge in [0.15, 0.2) is 0 Å². The van der Waals surface area contributed by atoms with Crippen molar-refractivity contribution in [1.29, 1.82) is 0 Å². The molecule has 0 saturated heterocycles. The van der Waals surface area contributed by atoms with Gasteiger partial charge in [-0.15, -0.1) is 22.9 Å². The number of anilines is 2. The van der Waals surface area contributed by atoms with Crippen LogP contribution in [0.25, 0.3) is 0 Å². The Bertz CT molecular complexity index is 657. The minimum Gasteiger partial charge on any atom is -0.497 e. The maximum Gasteiger partial charge on any atom is 0.265 e. The van der Waals surface area contributed by atoms with Crippen LogP contribution >= 0.6 is 22.9 Å². The maximum absolute atomic E-state index is 12.1. The number of rotatable bonds is 5. The Morgan fingerprint density at radius 1 is 1.24 bits per heavy atom. The van der Waals surface area contributed by atoms with Crippen LogP contribution < -0.4 is 15.4 Å². The largest absolute Gasteiger partial charge is 0.497 e. The number of ether oxygens (including phenoxy) is 1. The molecule has 1 aromatic carbocycles. The Morgan fingerprint density at radius 2 is 2.05 bits per heavy atom. The summed E-state index contributed by atoms with van der Waals surface area (Å²) in [5.74, 6) is -0.0239. The molecule has 0 fully saturated rings. The van der Waals surface area contributed by atoms with Gasteiger partial charge in [0.05, 0.1) is 17.7 Å². The first kappa shape index (κ1) is 15.3. The summed E-state index contributed by atoms with van der Waals surface area (Å²) in [6.45, 7) is 0. The number of thiophene rings is 1. The third kappa shape index (κ3) is 4.21. The van der Waals surface area contributed by atoms with Gasteiger partial charge in [-0.05, 0) is 18.2 Å². The molecule has 2 amide bonds. The lowest BCUT2D eigenvalue weighted by atomic mass is 10.3. The summed E-state index contributed by atoms with van der Waals surface area (Å²) in [4.78, 5) is 23.8. The van der Waals surface area contributed by atoms with Gasteiger partial charge in [0.1, 0.15) is 11.6 Å². The molecule has 0 aliphatic rings. The molecule has 2 aromatic rings. The molecule has 5 nitrogen and oxygen atoms in total. The minimum absolute atomic E-state index is 0.124. The van der Waals surface area contributed by atoms with E-state index in [-0.39, 0.29) is 17.7 Å². The van der Waals surface area contributed by atoms with E-state index >= 15 is 0 Å². The number of halogens is 1. The second-order valence-electron chi connectivity index (χ2n) is 4.07. The molecule has 7 heteroatoms. The van der Waals surface area contributed by atoms with E-state index in [4.69, 9.17) is 16.3 Å². The number of hydrogen-bond donors (Lipinski definition) is 2. The average molecular weight is 325 g/mol. The molecule has 110 valence electrons. The number of benzene rings is 1. The van der Waals surface area contributed by atoms with Crippen molar-refractivity contribution in [2.45, 2.75) is 0 Å². The zero-order chi connectivity index (χ0) is 15.2. The summed E-state index contributed by atoms with van der Waals surface area (Å²) in [6, 6.07) is 8.67. The molecule has 2 rings (SSSR count). The number of nitrogens with one attached hydrogen (secondary N) is 2. The second-order valence-corrected chi connectivity index (χ2v) is 5.25. The average Bonchev–Trinajstić information content (AvgIpc) is 2.96. The van der Waals surface area contributed by atoms with E-state index in [0.29, 0.717) is 22.0 Å². The third-order valence-electron chi connectivity index (χ3n) is 2.56. The van der Waals surface area contributed by atoms with Gasteiger partial charge in [0.25, 0.3) is 5.91 Å². The summed E-state index contributed by atoms with van der Waals surface area (Å²) in [5.41, 5.74) is 1.19. The Balaban J connectivity index is 2.04. The summed E-state index contributed by atoms with van der Waals surface area (Å²) in [7, 11) is 1.56. The zero-order valence-corrected chi connectivity index (χ0v) is 12.8. The molecule has 0 atom stereocenters. The van der Waals surface area contributed by atoms with Crippen LogP contribution in [0.3, 0.4) is 0 Å². The number of alkyl halides is 1. The first-order valence-electron chi connectivity index (χ1n) is 6.02. The lowest BCUT2D eigenvalue weighted by Crippen LogP contribution is -2.12. The molecule has 2 N–H and O–H groups in total. The molecule has 0 spiro atoms. The zero-order valence-electron chi connectivity index (χ0n) is 11.2. The summed E-state index contributed by atoms with van der Waals surface area (Å²) in [6.07, 6.45) is 0. The molecular formula is C14H13ClN2O3S. The Kier molecular flexibility index (Phi) is 5.19. The predicted octanol–water partition coefficient (Wildman–Crippen LogP) is 3.19. The van der Waals surface area contributed by atoms with Gasteiger partial charge in [-0.3, -0.25) is 9.59 Å². The fourth-order valence-electron chi connectivity index (χ4n) is 1.61. The van der Waals surface area contributed by atoms with E-state index in [1.54, 1.807) is 42.8 Å². The van der Waals surface area contributed by atoms with Crippen LogP contribution in [-0.4, -0.2) is 24.8 Å². The smallest absolute Gasteiger partial charge is 0.265 e. The van der Waals surface area contributed by atoms with E-state index in [1.807, 2.05) is 0 Å². The van der Waals surface area contributed by atoms with Crippen LogP contribution in [0.15, 0.2) is 35.7 Å². The van der Waals surface area contributed by atoms with Crippen molar-refractivity contribution < 1.29 is 14.3 Å². The molecule has 0 unspecified atom stereocenters. The van der Waals surface area contributed by atoms with Crippen LogP contribution in [0.5, 0.6) is 5.75 Å². The monoisotopic (exact) mass is 324 g/mol. The molecule has 0 saturated carbocycles. The molecule has 0 radical (unpaired) electrons. The van der Waals surface area contributed by atoms with Crippen LogP contribution in [0, 0.1) is 0 Å². The maximum atomic E-state index is 12.1. The normalized spacial score (nSPS) is 10.0. The first-order chi connectivity index (χ1) is 10.1. The van der Waals surface area contributed by atoms with E-state index < -0.39 is 0 Å². The topological polar surface area (TPSA) is 67.4 Å². The van der Waals surface area contributed by atoms with Gasteiger partial charge in [-0.25, -0.2) is 0 Å². The van der Waals surface area contributed by atoms with Crippen LogP contribution in [0.2, 0.25) is 0 Å². The van der Waals surface area contributed by atoms with E-state index in [0.717, 1.165) is 0 Å². The van der Waals surface area contributed by atoms with Crippen LogP contribution in [0.4, 0.5) is 11.4 Å². The van der Waals surface area contributed by atoms with Crippen molar-refractivity contribution in [3.8, 4) is 5.75 Å². The quantitative estimate of drug-likeness (QED) is 0.830. The highest BCUT2D eigenvalue weighted by Gasteiger charge is 2.11. The lowest BCUT2D eigenvalue weighted by molar-refractivity contribution is -0.113. The van der Waals surface area contributed by atoms with Crippen LogP contribution in [-0.2, 0) is 4.79 Å². The molecule has 1 heterocycles. The van der Waals surface area contributed by atoms with Crippen molar-refractivity contribution in [2.24, 2.45) is 0 Å². The molecule has 1 aromatic heterocycles. The SMILES string of the molecule is COc1cccc(NC(=O)c2cc(NC(=O)CCl)cs2)c1. The van der Waals surface area contributed by atoms with Gasteiger partial charge in [-0.1, -0.05) is 6.07 Å². The molecule has 21 heavy (non-hydrogen) atoms. The predicted molar refractivity (Wildman–Crippen MR) is 84.6 cm³/mol. The number of carbonyl (C=O) groups excluding carboxylic acids is 2. The Morgan fingerprint density at radius 3 is 2.76 bits per heavy atom. The number of carbonyl (C=O) groups is 2. The number of amides is 2. The van der Waals surface area contributed by atoms with Gasteiger partial charge in [0, 0.05) is 17.1 Å². The Hall–Kier alpha value is -2.05. The van der Waals surface area contributed by atoms with Gasteiger partial charge < -0.3 is 15.4 Å². The minimum atomic E-state index is -0.311. The summed E-state index contributed by atoms with van der Waals surface area (Å²) < 4.78 is 5.09. The Labute approximate surface area is 130 Å². The fourth-order valence-corrected chi connectivity index (χ4v) is 2.41. The fraction of sp³-hybridized carbons (Fsp3) is 0.143. The lowest BCUT2D eigenvalue weighted by Gasteiger charge is -2.05. The van der Waals surface area contributed by atoms with E-state index in [2.05, 4.69) is 10.6 Å². The van der Waals surface area contributed by atoms with E-state index in [1.165, 1.54) is 11.3 Å². The van der Waals surface area contributed by atoms with Gasteiger partial charge in [-0.2, -0.15) is 0 Å². The highest BCUT2D eigenvalue weighted by Crippen LogP contribution is 2.22. The first-order valence-corrected chi connectivity index (χ1v) is 7.43. The van der Waals surface area contributed by atoms with Crippen molar-refractivity contribution in [3.05, 3.63) is 40.6 Å². The molecule has 0 aliphatic heterocycles. The molecular weight excluding hydrogens is 312 g/mol. The summed E-state index contributed by atoms with van der Waals surface area (Å²) >= 11 is 6.65. The van der Waals surface area contributed by atoms with E-state index in [9.17, 15) is 9.59 Å². The highest BCUT2D eigenvalue weighted by molar-refractivity contribution is 7.12. The highest BCUT2D eigenvalue weighted by atomic mass is 35.5. The van der Waals surface area contributed by atoms with Crippen LogP contribution in [0.1, 0.15) is 9.67 Å². The molecule has 0 bridgehead atoms. The summed E-state index contributed by atoms with van der Waals surface area (Å²) in [5, 5.41) is 7.04. The second kappa shape index (κ2) is 7.10. The van der Waals surface area contributed by atoms with Crippen molar-refractivity contribution in [3.63, 3.8) is 0 Å². The van der Waals surface area contributed by atoms with Gasteiger partial charge in [0.2, 0.25) is 5.91 Å². The standard InChI is InChI=1S/C14H13ClN2O3S/c1-20-11-4-2-3-9(5-11)17-14(19)12-6-10(8-21-12)16-13(18)7-15/h2-6,8H,7H2,1H3,(H,16,18)(H,17,19). The van der Waals surface area contributed by atoms with Crippen molar-refractivity contribution >= 4 is 46.1 Å². The molecule has 0 aliphatic carbocycles. The number of methoxy groups -OCH3 is 1. The van der Waals surface area contributed by atoms with Crippen molar-refractivity contribution in [1.82, 2.24) is 0 Å². The van der Waals surface area contributed by atoms with Crippen molar-refractivity contribution in [2.75, 3.05) is 23.6 Å². The number of hydrogen-bond acceptors (Lipinski definition) is 4.